The molecular weight excluding hydrogens is 240 g/mol. The van der Waals surface area contributed by atoms with Crippen LogP contribution in [0.5, 0.6) is 11.5 Å². The fraction of sp³-hybridized carbons (Fsp3) is 0.250. The lowest BCUT2D eigenvalue weighted by atomic mass is 10.0. The molecule has 0 spiro atoms. The molecule has 0 aliphatic rings. The van der Waals surface area contributed by atoms with Crippen molar-refractivity contribution in [3.8, 4) is 11.5 Å². The zero-order valence-electron chi connectivity index (χ0n) is 10.8. The van der Waals surface area contributed by atoms with E-state index in [1.54, 1.807) is 0 Å². The third kappa shape index (κ3) is 3.30. The molecule has 0 aliphatic carbocycles. The molecule has 2 heteroatoms. The van der Waals surface area contributed by atoms with Crippen LogP contribution in [0.15, 0.2) is 47.4 Å². The summed E-state index contributed by atoms with van der Waals surface area (Å²) >= 11 is 4.26. The normalized spacial score (nSPS) is 10.4. The first kappa shape index (κ1) is 13.0. The van der Waals surface area contributed by atoms with Crippen molar-refractivity contribution in [2.24, 2.45) is 0 Å². The van der Waals surface area contributed by atoms with E-state index < -0.39 is 0 Å². The van der Waals surface area contributed by atoms with E-state index in [1.165, 1.54) is 11.1 Å². The van der Waals surface area contributed by atoms with Gasteiger partial charge in [-0.25, -0.2) is 0 Å². The van der Waals surface area contributed by atoms with Crippen LogP contribution in [0.25, 0.3) is 0 Å². The molecule has 0 saturated carbocycles. The van der Waals surface area contributed by atoms with E-state index in [1.807, 2.05) is 30.3 Å². The van der Waals surface area contributed by atoms with Crippen LogP contribution in [-0.2, 0) is 6.42 Å². The van der Waals surface area contributed by atoms with Gasteiger partial charge in [0.15, 0.2) is 0 Å². The fourth-order valence-corrected chi connectivity index (χ4v) is 2.05. The average Bonchev–Trinajstić information content (AvgIpc) is 2.37. The van der Waals surface area contributed by atoms with Crippen LogP contribution in [0.3, 0.4) is 0 Å². The van der Waals surface area contributed by atoms with Crippen molar-refractivity contribution < 1.29 is 4.74 Å². The summed E-state index contributed by atoms with van der Waals surface area (Å²) in [5.74, 6) is 1.75. The van der Waals surface area contributed by atoms with Crippen LogP contribution in [0.1, 0.15) is 24.5 Å². The fourth-order valence-electron chi connectivity index (χ4n) is 1.90. The quantitative estimate of drug-likeness (QED) is 0.757. The summed E-state index contributed by atoms with van der Waals surface area (Å²) in [6.45, 7) is 4.34. The smallest absolute Gasteiger partial charge is 0.127 e. The van der Waals surface area contributed by atoms with Crippen molar-refractivity contribution in [2.75, 3.05) is 0 Å². The largest absolute Gasteiger partial charge is 0.457 e. The zero-order valence-corrected chi connectivity index (χ0v) is 11.7. The molecule has 18 heavy (non-hydrogen) atoms. The molecule has 0 bridgehead atoms. The number of hydrogen-bond acceptors (Lipinski definition) is 2. The number of rotatable bonds is 4. The van der Waals surface area contributed by atoms with Gasteiger partial charge in [-0.1, -0.05) is 19.4 Å². The van der Waals surface area contributed by atoms with E-state index in [-0.39, 0.29) is 0 Å². The minimum Gasteiger partial charge on any atom is -0.457 e. The van der Waals surface area contributed by atoms with Crippen LogP contribution in [0.2, 0.25) is 0 Å². The first-order chi connectivity index (χ1) is 8.69. The van der Waals surface area contributed by atoms with Crippen molar-refractivity contribution in [1.82, 2.24) is 0 Å². The highest BCUT2D eigenvalue weighted by atomic mass is 32.1. The maximum Gasteiger partial charge on any atom is 0.127 e. The lowest BCUT2D eigenvalue weighted by Gasteiger charge is -2.10. The third-order valence-corrected chi connectivity index (χ3v) is 3.21. The van der Waals surface area contributed by atoms with Gasteiger partial charge in [0.25, 0.3) is 0 Å². The number of benzene rings is 2. The van der Waals surface area contributed by atoms with E-state index in [0.717, 1.165) is 29.2 Å². The lowest BCUT2D eigenvalue weighted by molar-refractivity contribution is 0.481. The molecule has 0 fully saturated rings. The Morgan fingerprint density at radius 1 is 1.00 bits per heavy atom. The first-order valence-corrected chi connectivity index (χ1v) is 6.70. The number of aryl methyl sites for hydroxylation is 2. The Hall–Kier alpha value is -1.41. The zero-order chi connectivity index (χ0) is 13.0. The summed E-state index contributed by atoms with van der Waals surface area (Å²) in [5.41, 5.74) is 2.69. The van der Waals surface area contributed by atoms with E-state index in [4.69, 9.17) is 4.74 Å². The van der Waals surface area contributed by atoms with Gasteiger partial charge in [-0.2, -0.15) is 0 Å². The molecule has 0 atom stereocenters. The molecule has 0 N–H and O–H groups in total. The third-order valence-electron chi connectivity index (χ3n) is 2.91. The second kappa shape index (κ2) is 5.96. The predicted octanol–water partition coefficient (Wildman–Crippen LogP) is 5.03. The van der Waals surface area contributed by atoms with E-state index >= 15 is 0 Å². The molecule has 0 unspecified atom stereocenters. The van der Waals surface area contributed by atoms with Crippen LogP contribution < -0.4 is 4.74 Å². The monoisotopic (exact) mass is 258 g/mol. The van der Waals surface area contributed by atoms with Crippen LogP contribution >= 0.6 is 12.6 Å². The lowest BCUT2D eigenvalue weighted by Crippen LogP contribution is -1.91. The van der Waals surface area contributed by atoms with Crippen molar-refractivity contribution >= 4 is 12.6 Å². The van der Waals surface area contributed by atoms with Gasteiger partial charge in [0, 0.05) is 4.90 Å². The van der Waals surface area contributed by atoms with Gasteiger partial charge in [0.2, 0.25) is 0 Å². The second-order valence-electron chi connectivity index (χ2n) is 4.43. The Bertz CT molecular complexity index is 517. The molecule has 0 amide bonds. The summed E-state index contributed by atoms with van der Waals surface area (Å²) < 4.78 is 5.84. The average molecular weight is 258 g/mol. The van der Waals surface area contributed by atoms with Gasteiger partial charge in [-0.3, -0.25) is 0 Å². The molecule has 2 aromatic carbocycles. The Balaban J connectivity index is 2.18. The summed E-state index contributed by atoms with van der Waals surface area (Å²) in [7, 11) is 0. The van der Waals surface area contributed by atoms with Gasteiger partial charge < -0.3 is 4.74 Å². The first-order valence-electron chi connectivity index (χ1n) is 6.25. The van der Waals surface area contributed by atoms with E-state index in [0.29, 0.717) is 0 Å². The molecule has 0 aromatic heterocycles. The molecule has 2 rings (SSSR count). The molecule has 0 saturated heterocycles. The Labute approximate surface area is 114 Å². The van der Waals surface area contributed by atoms with Gasteiger partial charge in [-0.05, 0) is 60.9 Å². The molecule has 94 valence electrons. The molecule has 0 heterocycles. The standard InChI is InChI=1S/C16H18OS/c1-3-4-13-11-15(6-5-12(13)2)17-14-7-9-16(18)10-8-14/h5-11,18H,3-4H2,1-2H3. The minimum absolute atomic E-state index is 0.846. The summed E-state index contributed by atoms with van der Waals surface area (Å²) in [6, 6.07) is 14.0. The highest BCUT2D eigenvalue weighted by Gasteiger charge is 2.02. The van der Waals surface area contributed by atoms with Crippen molar-refractivity contribution in [3.63, 3.8) is 0 Å². The van der Waals surface area contributed by atoms with Crippen LogP contribution in [-0.4, -0.2) is 0 Å². The molecular formula is C16H18OS. The van der Waals surface area contributed by atoms with Crippen molar-refractivity contribution in [2.45, 2.75) is 31.6 Å². The summed E-state index contributed by atoms with van der Waals surface area (Å²) in [6.07, 6.45) is 2.25. The van der Waals surface area contributed by atoms with Gasteiger partial charge >= 0.3 is 0 Å². The Morgan fingerprint density at radius 2 is 1.67 bits per heavy atom. The van der Waals surface area contributed by atoms with Gasteiger partial charge in [0.1, 0.15) is 11.5 Å². The number of thiol groups is 1. The highest BCUT2D eigenvalue weighted by molar-refractivity contribution is 7.80. The van der Waals surface area contributed by atoms with Crippen molar-refractivity contribution in [3.05, 3.63) is 53.6 Å². The van der Waals surface area contributed by atoms with Crippen LogP contribution in [0, 0.1) is 6.92 Å². The Kier molecular flexibility index (Phi) is 4.32. The number of hydrogen-bond donors (Lipinski definition) is 1. The highest BCUT2D eigenvalue weighted by Crippen LogP contribution is 2.25. The maximum atomic E-state index is 5.84. The summed E-state index contributed by atoms with van der Waals surface area (Å²) in [5, 5.41) is 0. The predicted molar refractivity (Wildman–Crippen MR) is 78.9 cm³/mol. The van der Waals surface area contributed by atoms with E-state index in [9.17, 15) is 0 Å². The molecule has 0 aliphatic heterocycles. The topological polar surface area (TPSA) is 9.23 Å². The van der Waals surface area contributed by atoms with Crippen molar-refractivity contribution in [1.29, 1.82) is 0 Å². The van der Waals surface area contributed by atoms with E-state index in [2.05, 4.69) is 38.6 Å². The second-order valence-corrected chi connectivity index (χ2v) is 4.95. The van der Waals surface area contributed by atoms with Gasteiger partial charge in [0.05, 0.1) is 0 Å². The maximum absolute atomic E-state index is 5.84. The van der Waals surface area contributed by atoms with Crippen LogP contribution in [0.4, 0.5) is 0 Å². The SMILES string of the molecule is CCCc1cc(Oc2ccc(S)cc2)ccc1C. The molecule has 0 radical (unpaired) electrons. The van der Waals surface area contributed by atoms with Gasteiger partial charge in [-0.15, -0.1) is 12.6 Å². The minimum atomic E-state index is 0.846. The number of ether oxygens (including phenoxy) is 1. The summed E-state index contributed by atoms with van der Waals surface area (Å²) in [4.78, 5) is 0.943. The molecule has 2 aromatic rings. The molecule has 1 nitrogen and oxygen atoms in total. The Morgan fingerprint density at radius 3 is 2.33 bits per heavy atom.